The van der Waals surface area contributed by atoms with Gasteiger partial charge in [0.25, 0.3) is 5.91 Å². The van der Waals surface area contributed by atoms with Crippen LogP contribution >= 0.6 is 22.9 Å². The first-order valence-electron chi connectivity index (χ1n) is 8.86. The molecular formula is C21H19ClN2O4S. The lowest BCUT2D eigenvalue weighted by molar-refractivity contribution is -0.143. The van der Waals surface area contributed by atoms with Gasteiger partial charge < -0.3 is 14.0 Å². The van der Waals surface area contributed by atoms with Crippen LogP contribution in [0, 0.1) is 0 Å². The van der Waals surface area contributed by atoms with Crippen molar-refractivity contribution in [1.82, 2.24) is 4.57 Å². The molecule has 0 aliphatic rings. The predicted octanol–water partition coefficient (Wildman–Crippen LogP) is 4.07. The number of fused-ring (bicyclic) bond motifs is 1. The summed E-state index contributed by atoms with van der Waals surface area (Å²) in [6.45, 7) is 1.93. The Bertz CT molecular complexity index is 1150. The third kappa shape index (κ3) is 4.93. The Morgan fingerprint density at radius 1 is 1.21 bits per heavy atom. The largest absolute Gasteiger partial charge is 0.495 e. The number of hydrogen-bond donors (Lipinski definition) is 0. The Balaban J connectivity index is 2.04. The molecule has 6 nitrogen and oxygen atoms in total. The fraction of sp³-hybridized carbons (Fsp3) is 0.190. The number of carbonyl (C=O) groups is 2. The number of carbonyl (C=O) groups excluding carboxylic acids is 2. The van der Waals surface area contributed by atoms with Crippen LogP contribution in [0.15, 0.2) is 53.5 Å². The molecular weight excluding hydrogens is 412 g/mol. The van der Waals surface area contributed by atoms with Gasteiger partial charge in [0, 0.05) is 11.1 Å². The van der Waals surface area contributed by atoms with Gasteiger partial charge in [0.1, 0.15) is 17.8 Å². The first-order valence-corrected chi connectivity index (χ1v) is 10.1. The molecule has 0 unspecified atom stereocenters. The van der Waals surface area contributed by atoms with Gasteiger partial charge in [-0.3, -0.25) is 9.59 Å². The summed E-state index contributed by atoms with van der Waals surface area (Å²) in [4.78, 5) is 29.1. The zero-order valence-electron chi connectivity index (χ0n) is 15.9. The van der Waals surface area contributed by atoms with Crippen LogP contribution in [0.25, 0.3) is 16.3 Å². The van der Waals surface area contributed by atoms with Crippen LogP contribution < -0.4 is 9.54 Å². The number of thiazole rings is 1. The maximum absolute atomic E-state index is 12.4. The van der Waals surface area contributed by atoms with Crippen molar-refractivity contribution < 1.29 is 19.1 Å². The highest BCUT2D eigenvalue weighted by Crippen LogP contribution is 2.27. The van der Waals surface area contributed by atoms with Gasteiger partial charge in [-0.2, -0.15) is 4.99 Å². The van der Waals surface area contributed by atoms with E-state index in [-0.39, 0.29) is 13.2 Å². The smallest absolute Gasteiger partial charge is 0.326 e. The fourth-order valence-electron chi connectivity index (χ4n) is 2.73. The van der Waals surface area contributed by atoms with Crippen molar-refractivity contribution in [2.45, 2.75) is 13.5 Å². The van der Waals surface area contributed by atoms with Crippen molar-refractivity contribution in [2.24, 2.45) is 4.99 Å². The minimum atomic E-state index is -0.465. The van der Waals surface area contributed by atoms with E-state index >= 15 is 0 Å². The molecule has 0 saturated heterocycles. The second kappa shape index (κ2) is 9.54. The lowest BCUT2D eigenvalue weighted by Gasteiger charge is -2.08. The minimum Gasteiger partial charge on any atom is -0.495 e. The summed E-state index contributed by atoms with van der Waals surface area (Å²) in [5, 5.41) is 0.542. The van der Waals surface area contributed by atoms with Crippen molar-refractivity contribution >= 4 is 51.1 Å². The average molecular weight is 431 g/mol. The minimum absolute atomic E-state index is 0.0748. The molecule has 0 bridgehead atoms. The van der Waals surface area contributed by atoms with Gasteiger partial charge in [-0.1, -0.05) is 47.2 Å². The van der Waals surface area contributed by atoms with Crippen LogP contribution in [0.3, 0.4) is 0 Å². The summed E-state index contributed by atoms with van der Waals surface area (Å²) in [6, 6.07) is 12.7. The van der Waals surface area contributed by atoms with Gasteiger partial charge >= 0.3 is 5.97 Å². The number of amides is 1. The molecule has 0 aliphatic carbocycles. The van der Waals surface area contributed by atoms with E-state index in [9.17, 15) is 9.59 Å². The quantitative estimate of drug-likeness (QED) is 0.436. The van der Waals surface area contributed by atoms with E-state index in [4.69, 9.17) is 21.1 Å². The Morgan fingerprint density at radius 2 is 2.00 bits per heavy atom. The van der Waals surface area contributed by atoms with Gasteiger partial charge in [0.05, 0.1) is 18.4 Å². The average Bonchev–Trinajstić information content (AvgIpc) is 3.04. The molecule has 0 radical (unpaired) electrons. The fourth-order valence-corrected chi connectivity index (χ4v) is 3.98. The maximum Gasteiger partial charge on any atom is 0.326 e. The van der Waals surface area contributed by atoms with Gasteiger partial charge in [0.2, 0.25) is 0 Å². The van der Waals surface area contributed by atoms with Crippen LogP contribution in [0.1, 0.15) is 12.5 Å². The standard InChI is InChI=1S/C21H19ClN2O4S/c1-3-28-19(26)13-24-20-16(27-2)9-6-10-17(20)29-21(24)23-18(25)12-11-14-7-4-5-8-15(14)22/h4-12H,3,13H2,1-2H3. The second-order valence-electron chi connectivity index (χ2n) is 5.89. The van der Waals surface area contributed by atoms with Crippen molar-refractivity contribution in [1.29, 1.82) is 0 Å². The summed E-state index contributed by atoms with van der Waals surface area (Å²) < 4.78 is 13.0. The number of rotatable bonds is 6. The molecule has 3 aromatic rings. The Labute approximate surface area is 176 Å². The molecule has 1 aromatic heterocycles. The van der Waals surface area contributed by atoms with Crippen molar-refractivity contribution in [2.75, 3.05) is 13.7 Å². The highest BCUT2D eigenvalue weighted by molar-refractivity contribution is 7.16. The number of halogens is 1. The molecule has 1 amide bonds. The molecule has 29 heavy (non-hydrogen) atoms. The van der Waals surface area contributed by atoms with Gasteiger partial charge in [-0.15, -0.1) is 0 Å². The lowest BCUT2D eigenvalue weighted by atomic mass is 10.2. The second-order valence-corrected chi connectivity index (χ2v) is 7.30. The molecule has 2 aromatic carbocycles. The van der Waals surface area contributed by atoms with Crippen LogP contribution in [0.4, 0.5) is 0 Å². The number of aromatic nitrogens is 1. The molecule has 8 heteroatoms. The zero-order chi connectivity index (χ0) is 20.8. The van der Waals surface area contributed by atoms with Gasteiger partial charge in [-0.25, -0.2) is 0 Å². The number of methoxy groups -OCH3 is 1. The molecule has 0 N–H and O–H groups in total. The van der Waals surface area contributed by atoms with E-state index in [0.717, 1.165) is 10.3 Å². The zero-order valence-corrected chi connectivity index (χ0v) is 17.5. The summed E-state index contributed by atoms with van der Waals surface area (Å²) >= 11 is 7.40. The van der Waals surface area contributed by atoms with Crippen LogP contribution in [-0.4, -0.2) is 30.2 Å². The van der Waals surface area contributed by atoms with Crippen molar-refractivity contribution in [3.8, 4) is 5.75 Å². The number of hydrogen-bond acceptors (Lipinski definition) is 5. The summed E-state index contributed by atoms with van der Waals surface area (Å²) in [6.07, 6.45) is 2.95. The van der Waals surface area contributed by atoms with Crippen LogP contribution in [0.5, 0.6) is 5.75 Å². The molecule has 0 saturated carbocycles. The number of esters is 1. The summed E-state index contributed by atoms with van der Waals surface area (Å²) in [5.74, 6) is -0.296. The number of ether oxygens (including phenoxy) is 2. The summed E-state index contributed by atoms with van der Waals surface area (Å²) in [7, 11) is 1.55. The molecule has 0 atom stereocenters. The monoisotopic (exact) mass is 430 g/mol. The number of para-hydroxylation sites is 1. The van der Waals surface area contributed by atoms with E-state index in [1.807, 2.05) is 24.3 Å². The highest BCUT2D eigenvalue weighted by Gasteiger charge is 2.15. The van der Waals surface area contributed by atoms with E-state index < -0.39 is 11.9 Å². The third-order valence-electron chi connectivity index (χ3n) is 3.99. The normalized spacial score (nSPS) is 11.9. The molecule has 3 rings (SSSR count). The lowest BCUT2D eigenvalue weighted by Crippen LogP contribution is -2.23. The third-order valence-corrected chi connectivity index (χ3v) is 5.38. The number of nitrogens with zero attached hydrogens (tertiary/aromatic N) is 2. The van der Waals surface area contributed by atoms with E-state index in [0.29, 0.717) is 21.1 Å². The molecule has 150 valence electrons. The van der Waals surface area contributed by atoms with Crippen LogP contribution in [0.2, 0.25) is 5.02 Å². The van der Waals surface area contributed by atoms with Crippen molar-refractivity contribution in [3.63, 3.8) is 0 Å². The Morgan fingerprint density at radius 3 is 2.72 bits per heavy atom. The molecule has 0 fully saturated rings. The topological polar surface area (TPSA) is 69.9 Å². The van der Waals surface area contributed by atoms with Gasteiger partial charge in [-0.05, 0) is 36.8 Å². The first-order chi connectivity index (χ1) is 14.0. The van der Waals surface area contributed by atoms with Crippen molar-refractivity contribution in [3.05, 3.63) is 63.9 Å². The molecule has 0 aliphatic heterocycles. The molecule has 1 heterocycles. The Hall–Kier alpha value is -2.90. The van der Waals surface area contributed by atoms with E-state index in [2.05, 4.69) is 4.99 Å². The predicted molar refractivity (Wildman–Crippen MR) is 114 cm³/mol. The van der Waals surface area contributed by atoms with Crippen LogP contribution in [-0.2, 0) is 20.9 Å². The first kappa shape index (κ1) is 20.8. The SMILES string of the molecule is CCOC(=O)Cn1c(=NC(=O)C=Cc2ccccc2Cl)sc2cccc(OC)c21. The van der Waals surface area contributed by atoms with E-state index in [1.165, 1.54) is 17.4 Å². The summed E-state index contributed by atoms with van der Waals surface area (Å²) in [5.41, 5.74) is 1.41. The number of benzene rings is 2. The van der Waals surface area contributed by atoms with E-state index in [1.54, 1.807) is 42.9 Å². The highest BCUT2D eigenvalue weighted by atomic mass is 35.5. The molecule has 0 spiro atoms. The van der Waals surface area contributed by atoms with Gasteiger partial charge in [0.15, 0.2) is 4.80 Å². The maximum atomic E-state index is 12.4. The Kier molecular flexibility index (Phi) is 6.85.